The zero-order chi connectivity index (χ0) is 21.9. The SMILES string of the molecule is COc1ccc(C(=O)N2CCN(C(=O)c3ccc(C(C)(C)C)cc3)CC2)cc1OC. The van der Waals surface area contributed by atoms with Gasteiger partial charge in [0.05, 0.1) is 14.2 Å². The van der Waals surface area contributed by atoms with E-state index >= 15 is 0 Å². The Morgan fingerprint density at radius 2 is 1.20 bits per heavy atom. The summed E-state index contributed by atoms with van der Waals surface area (Å²) in [6.07, 6.45) is 0. The number of carbonyl (C=O) groups excluding carboxylic acids is 2. The van der Waals surface area contributed by atoms with E-state index < -0.39 is 0 Å². The van der Waals surface area contributed by atoms with Gasteiger partial charge in [0.2, 0.25) is 0 Å². The standard InChI is InChI=1S/C24H30N2O4/c1-24(2,3)19-9-6-17(7-10-19)22(27)25-12-14-26(15-13-25)23(28)18-8-11-20(29-4)21(16-18)30-5/h6-11,16H,12-15H2,1-5H3. The molecule has 0 aromatic heterocycles. The molecule has 2 aromatic rings. The smallest absolute Gasteiger partial charge is 0.254 e. The molecule has 30 heavy (non-hydrogen) atoms. The van der Waals surface area contributed by atoms with Crippen molar-refractivity contribution in [2.45, 2.75) is 26.2 Å². The van der Waals surface area contributed by atoms with Gasteiger partial charge in [-0.1, -0.05) is 32.9 Å². The Morgan fingerprint density at radius 3 is 1.67 bits per heavy atom. The van der Waals surface area contributed by atoms with E-state index in [0.29, 0.717) is 48.8 Å². The molecule has 0 atom stereocenters. The molecule has 0 saturated carbocycles. The summed E-state index contributed by atoms with van der Waals surface area (Å²) in [5.74, 6) is 1.05. The van der Waals surface area contributed by atoms with Crippen molar-refractivity contribution in [1.29, 1.82) is 0 Å². The minimum Gasteiger partial charge on any atom is -0.493 e. The van der Waals surface area contributed by atoms with Crippen molar-refractivity contribution < 1.29 is 19.1 Å². The number of piperazine rings is 1. The summed E-state index contributed by atoms with van der Waals surface area (Å²) < 4.78 is 10.5. The lowest BCUT2D eigenvalue weighted by Gasteiger charge is -2.35. The van der Waals surface area contributed by atoms with Gasteiger partial charge >= 0.3 is 0 Å². The summed E-state index contributed by atoms with van der Waals surface area (Å²) in [5, 5.41) is 0. The van der Waals surface area contributed by atoms with E-state index in [0.717, 1.165) is 0 Å². The van der Waals surface area contributed by atoms with Crippen molar-refractivity contribution in [1.82, 2.24) is 9.80 Å². The number of hydrogen-bond donors (Lipinski definition) is 0. The van der Waals surface area contributed by atoms with Crippen LogP contribution in [0.1, 0.15) is 47.1 Å². The van der Waals surface area contributed by atoms with Gasteiger partial charge in [0.25, 0.3) is 11.8 Å². The first-order valence-electron chi connectivity index (χ1n) is 10.2. The van der Waals surface area contributed by atoms with Gasteiger partial charge in [-0.15, -0.1) is 0 Å². The predicted octanol–water partition coefficient (Wildman–Crippen LogP) is 3.60. The first-order chi connectivity index (χ1) is 14.2. The molecule has 1 saturated heterocycles. The molecular formula is C24H30N2O4. The molecule has 160 valence electrons. The third-order valence-corrected chi connectivity index (χ3v) is 5.48. The van der Waals surface area contributed by atoms with Crippen LogP contribution in [0.15, 0.2) is 42.5 Å². The average Bonchev–Trinajstić information content (AvgIpc) is 2.77. The van der Waals surface area contributed by atoms with Crippen molar-refractivity contribution in [2.75, 3.05) is 40.4 Å². The number of nitrogens with zero attached hydrogens (tertiary/aromatic N) is 2. The van der Waals surface area contributed by atoms with Gasteiger partial charge in [-0.05, 0) is 41.3 Å². The molecule has 6 nitrogen and oxygen atoms in total. The van der Waals surface area contributed by atoms with Gasteiger partial charge in [-0.2, -0.15) is 0 Å². The van der Waals surface area contributed by atoms with Gasteiger partial charge in [-0.3, -0.25) is 9.59 Å². The second-order valence-electron chi connectivity index (χ2n) is 8.48. The molecule has 0 unspecified atom stereocenters. The highest BCUT2D eigenvalue weighted by Gasteiger charge is 2.26. The molecule has 0 radical (unpaired) electrons. The minimum atomic E-state index is -0.0717. The Morgan fingerprint density at radius 1 is 0.733 bits per heavy atom. The minimum absolute atomic E-state index is 0.00803. The van der Waals surface area contributed by atoms with Crippen LogP contribution < -0.4 is 9.47 Å². The molecule has 1 fully saturated rings. The topological polar surface area (TPSA) is 59.1 Å². The zero-order valence-electron chi connectivity index (χ0n) is 18.4. The maximum atomic E-state index is 12.9. The zero-order valence-corrected chi connectivity index (χ0v) is 18.4. The Balaban J connectivity index is 1.63. The summed E-state index contributed by atoms with van der Waals surface area (Å²) in [6.45, 7) is 8.48. The van der Waals surface area contributed by atoms with Crippen molar-refractivity contribution in [3.05, 3.63) is 59.2 Å². The van der Waals surface area contributed by atoms with Crippen LogP contribution in [0.25, 0.3) is 0 Å². The van der Waals surface area contributed by atoms with E-state index in [1.54, 1.807) is 37.3 Å². The Kier molecular flexibility index (Phi) is 6.34. The van der Waals surface area contributed by atoms with E-state index in [1.165, 1.54) is 5.56 Å². The third-order valence-electron chi connectivity index (χ3n) is 5.48. The lowest BCUT2D eigenvalue weighted by atomic mass is 9.86. The molecule has 2 amide bonds. The van der Waals surface area contributed by atoms with Crippen molar-refractivity contribution in [2.24, 2.45) is 0 Å². The summed E-state index contributed by atoms with van der Waals surface area (Å²) >= 11 is 0. The average molecular weight is 411 g/mol. The molecule has 1 heterocycles. The van der Waals surface area contributed by atoms with Gasteiger partial charge in [0.1, 0.15) is 0 Å². The molecule has 1 aliphatic heterocycles. The number of carbonyl (C=O) groups is 2. The lowest BCUT2D eigenvalue weighted by molar-refractivity contribution is 0.0535. The fraction of sp³-hybridized carbons (Fsp3) is 0.417. The highest BCUT2D eigenvalue weighted by Crippen LogP contribution is 2.28. The van der Waals surface area contributed by atoms with Crippen LogP contribution in [0.5, 0.6) is 11.5 Å². The summed E-state index contributed by atoms with van der Waals surface area (Å²) in [5.41, 5.74) is 2.48. The maximum absolute atomic E-state index is 12.9. The Hall–Kier alpha value is -3.02. The van der Waals surface area contributed by atoms with Gasteiger partial charge in [-0.25, -0.2) is 0 Å². The van der Waals surface area contributed by atoms with Crippen molar-refractivity contribution >= 4 is 11.8 Å². The van der Waals surface area contributed by atoms with E-state index in [2.05, 4.69) is 20.8 Å². The van der Waals surface area contributed by atoms with Crippen molar-refractivity contribution in [3.8, 4) is 11.5 Å². The highest BCUT2D eigenvalue weighted by molar-refractivity contribution is 5.96. The van der Waals surface area contributed by atoms with Gasteiger partial charge in [0, 0.05) is 37.3 Å². The van der Waals surface area contributed by atoms with E-state index in [4.69, 9.17) is 9.47 Å². The van der Waals surface area contributed by atoms with Gasteiger partial charge < -0.3 is 19.3 Å². The largest absolute Gasteiger partial charge is 0.493 e. The number of rotatable bonds is 4. The number of benzene rings is 2. The molecule has 3 rings (SSSR count). The van der Waals surface area contributed by atoms with Crippen LogP contribution in [-0.4, -0.2) is 62.0 Å². The van der Waals surface area contributed by atoms with Gasteiger partial charge in [0.15, 0.2) is 11.5 Å². The molecule has 1 aliphatic rings. The normalized spacial score (nSPS) is 14.4. The van der Waals surface area contributed by atoms with E-state index in [9.17, 15) is 9.59 Å². The molecular weight excluding hydrogens is 380 g/mol. The van der Waals surface area contributed by atoms with E-state index in [1.807, 2.05) is 29.2 Å². The summed E-state index contributed by atoms with van der Waals surface area (Å²) in [6, 6.07) is 13.0. The molecule has 2 aromatic carbocycles. The van der Waals surface area contributed by atoms with Crippen LogP contribution in [-0.2, 0) is 5.41 Å². The highest BCUT2D eigenvalue weighted by atomic mass is 16.5. The number of hydrogen-bond acceptors (Lipinski definition) is 4. The fourth-order valence-electron chi connectivity index (χ4n) is 3.56. The monoisotopic (exact) mass is 410 g/mol. The molecule has 0 N–H and O–H groups in total. The number of ether oxygens (including phenoxy) is 2. The fourth-order valence-corrected chi connectivity index (χ4v) is 3.56. The van der Waals surface area contributed by atoms with Crippen LogP contribution in [0.2, 0.25) is 0 Å². The first-order valence-corrected chi connectivity index (χ1v) is 10.2. The van der Waals surface area contributed by atoms with Crippen LogP contribution >= 0.6 is 0 Å². The molecule has 6 heteroatoms. The number of methoxy groups -OCH3 is 2. The number of amides is 2. The quantitative estimate of drug-likeness (QED) is 0.773. The predicted molar refractivity (Wildman–Crippen MR) is 116 cm³/mol. The Labute approximate surface area is 178 Å². The lowest BCUT2D eigenvalue weighted by Crippen LogP contribution is -2.50. The Bertz CT molecular complexity index is 908. The second-order valence-corrected chi connectivity index (χ2v) is 8.48. The molecule has 0 spiro atoms. The second kappa shape index (κ2) is 8.78. The molecule has 0 aliphatic carbocycles. The third kappa shape index (κ3) is 4.58. The summed E-state index contributed by atoms with van der Waals surface area (Å²) in [7, 11) is 3.11. The maximum Gasteiger partial charge on any atom is 0.254 e. The van der Waals surface area contributed by atoms with Crippen LogP contribution in [0.4, 0.5) is 0 Å². The molecule has 0 bridgehead atoms. The van der Waals surface area contributed by atoms with Crippen LogP contribution in [0.3, 0.4) is 0 Å². The van der Waals surface area contributed by atoms with Crippen LogP contribution in [0, 0.1) is 0 Å². The first kappa shape index (κ1) is 21.7. The van der Waals surface area contributed by atoms with E-state index in [-0.39, 0.29) is 17.2 Å². The van der Waals surface area contributed by atoms with Crippen molar-refractivity contribution in [3.63, 3.8) is 0 Å². The summed E-state index contributed by atoms with van der Waals surface area (Å²) in [4.78, 5) is 29.3.